The Morgan fingerprint density at radius 3 is 2.54 bits per heavy atom. The molecule has 1 fully saturated rings. The Bertz CT molecular complexity index is 928. The molecule has 3 aromatic rings. The summed E-state index contributed by atoms with van der Waals surface area (Å²) in [5.74, 6) is 0.491. The van der Waals surface area contributed by atoms with Crippen LogP contribution >= 0.6 is 0 Å². The number of phenols is 1. The third kappa shape index (κ3) is 2.83. The third-order valence-electron chi connectivity index (χ3n) is 4.46. The monoisotopic (exact) mass is 318 g/mol. The summed E-state index contributed by atoms with van der Waals surface area (Å²) in [6.45, 7) is 0. The molecule has 0 radical (unpaired) electrons. The second-order valence-corrected chi connectivity index (χ2v) is 6.41. The van der Waals surface area contributed by atoms with Crippen LogP contribution in [0.4, 0.5) is 0 Å². The number of nitrogens with two attached hydrogens (primary N) is 1. The van der Waals surface area contributed by atoms with Gasteiger partial charge in [0.1, 0.15) is 5.75 Å². The van der Waals surface area contributed by atoms with Gasteiger partial charge in [-0.3, -0.25) is 4.79 Å². The lowest BCUT2D eigenvalue weighted by molar-refractivity contribution is -0.117. The zero-order chi connectivity index (χ0) is 16.7. The highest BCUT2D eigenvalue weighted by Gasteiger charge is 2.26. The molecular weight excluding hydrogens is 300 g/mol. The van der Waals surface area contributed by atoms with Crippen LogP contribution in [-0.4, -0.2) is 16.0 Å². The SMILES string of the molecule is NC(=O)Cc1ccc2c(C3CC3)cc(-c3ccc(O)cc3)nc2c1. The van der Waals surface area contributed by atoms with Crippen LogP contribution in [-0.2, 0) is 11.2 Å². The molecule has 1 amide bonds. The number of hydrogen-bond donors (Lipinski definition) is 2. The van der Waals surface area contributed by atoms with E-state index in [-0.39, 0.29) is 18.1 Å². The number of primary amides is 1. The standard InChI is InChI=1S/C20H18N2O2/c21-20(24)10-12-1-8-16-17(13-2-3-13)11-18(22-19(16)9-12)14-4-6-15(23)7-5-14/h1,4-9,11,13,23H,2-3,10H2,(H2,21,24). The minimum Gasteiger partial charge on any atom is -0.508 e. The summed E-state index contributed by atoms with van der Waals surface area (Å²) >= 11 is 0. The average molecular weight is 318 g/mol. The van der Waals surface area contributed by atoms with Crippen molar-refractivity contribution in [1.82, 2.24) is 4.98 Å². The number of amides is 1. The smallest absolute Gasteiger partial charge is 0.221 e. The van der Waals surface area contributed by atoms with Crippen LogP contribution in [0.5, 0.6) is 5.75 Å². The van der Waals surface area contributed by atoms with Crippen molar-refractivity contribution in [2.75, 3.05) is 0 Å². The predicted molar refractivity (Wildman–Crippen MR) is 93.7 cm³/mol. The number of carbonyl (C=O) groups excluding carboxylic acids is 1. The molecule has 4 heteroatoms. The lowest BCUT2D eigenvalue weighted by atomic mass is 9.99. The van der Waals surface area contributed by atoms with Gasteiger partial charge in [-0.05, 0) is 66.3 Å². The molecule has 3 N–H and O–H groups in total. The predicted octanol–water partition coefficient (Wildman–Crippen LogP) is 3.51. The summed E-state index contributed by atoms with van der Waals surface area (Å²) in [7, 11) is 0. The Labute approximate surface area is 140 Å². The topological polar surface area (TPSA) is 76.2 Å². The molecule has 0 atom stereocenters. The second kappa shape index (κ2) is 5.64. The van der Waals surface area contributed by atoms with E-state index in [4.69, 9.17) is 10.7 Å². The van der Waals surface area contributed by atoms with Crippen molar-refractivity contribution in [3.05, 3.63) is 59.7 Å². The summed E-state index contributed by atoms with van der Waals surface area (Å²) in [6, 6.07) is 15.2. The van der Waals surface area contributed by atoms with Gasteiger partial charge in [0.05, 0.1) is 17.6 Å². The molecule has 0 unspecified atom stereocenters. The maximum Gasteiger partial charge on any atom is 0.221 e. The normalized spacial score (nSPS) is 14.0. The lowest BCUT2D eigenvalue weighted by Gasteiger charge is -2.11. The number of aromatic hydroxyl groups is 1. The van der Waals surface area contributed by atoms with Crippen molar-refractivity contribution in [2.45, 2.75) is 25.2 Å². The summed E-state index contributed by atoms with van der Waals surface area (Å²) in [5.41, 5.74) is 10.3. The van der Waals surface area contributed by atoms with Crippen LogP contribution in [0.25, 0.3) is 22.2 Å². The zero-order valence-electron chi connectivity index (χ0n) is 13.2. The van der Waals surface area contributed by atoms with Crippen molar-refractivity contribution in [3.8, 4) is 17.0 Å². The van der Waals surface area contributed by atoms with Crippen LogP contribution in [0.1, 0.15) is 29.9 Å². The molecule has 1 aliphatic carbocycles. The number of hydrogen-bond acceptors (Lipinski definition) is 3. The Balaban J connectivity index is 1.87. The van der Waals surface area contributed by atoms with E-state index in [0.717, 1.165) is 27.7 Å². The fourth-order valence-corrected chi connectivity index (χ4v) is 3.12. The molecule has 0 aliphatic heterocycles. The van der Waals surface area contributed by atoms with Gasteiger partial charge >= 0.3 is 0 Å². The molecule has 0 spiro atoms. The second-order valence-electron chi connectivity index (χ2n) is 6.41. The number of carbonyl (C=O) groups is 1. The van der Waals surface area contributed by atoms with Gasteiger partial charge in [-0.25, -0.2) is 4.98 Å². The van der Waals surface area contributed by atoms with Crippen LogP contribution in [0.2, 0.25) is 0 Å². The number of pyridine rings is 1. The highest BCUT2D eigenvalue weighted by Crippen LogP contribution is 2.44. The Kier molecular flexibility index (Phi) is 3.45. The minimum absolute atomic E-state index is 0.222. The van der Waals surface area contributed by atoms with E-state index >= 15 is 0 Å². The van der Waals surface area contributed by atoms with Crippen LogP contribution in [0, 0.1) is 0 Å². The number of rotatable bonds is 4. The fraction of sp³-hybridized carbons (Fsp3) is 0.200. The lowest BCUT2D eigenvalue weighted by Crippen LogP contribution is -2.13. The van der Waals surface area contributed by atoms with Gasteiger partial charge in [0.2, 0.25) is 5.91 Å². The van der Waals surface area contributed by atoms with Gasteiger partial charge < -0.3 is 10.8 Å². The maximum atomic E-state index is 11.2. The quantitative estimate of drug-likeness (QED) is 0.773. The van der Waals surface area contributed by atoms with E-state index in [0.29, 0.717) is 5.92 Å². The largest absolute Gasteiger partial charge is 0.508 e. The summed E-state index contributed by atoms with van der Waals surface area (Å²) < 4.78 is 0. The first-order chi connectivity index (χ1) is 11.6. The molecule has 1 aliphatic rings. The first kappa shape index (κ1) is 14.7. The Hall–Kier alpha value is -2.88. The third-order valence-corrected chi connectivity index (χ3v) is 4.46. The van der Waals surface area contributed by atoms with Crippen molar-refractivity contribution in [2.24, 2.45) is 5.73 Å². The highest BCUT2D eigenvalue weighted by molar-refractivity contribution is 5.88. The molecule has 0 saturated heterocycles. The van der Waals surface area contributed by atoms with Gasteiger partial charge in [-0.15, -0.1) is 0 Å². The van der Waals surface area contributed by atoms with Gasteiger partial charge in [0.15, 0.2) is 0 Å². The first-order valence-electron chi connectivity index (χ1n) is 8.11. The molecule has 1 aromatic heterocycles. The highest BCUT2D eigenvalue weighted by atomic mass is 16.3. The molecule has 120 valence electrons. The van der Waals surface area contributed by atoms with Crippen LogP contribution < -0.4 is 5.73 Å². The van der Waals surface area contributed by atoms with Crippen LogP contribution in [0.3, 0.4) is 0 Å². The molecule has 4 rings (SSSR count). The van der Waals surface area contributed by atoms with Crippen molar-refractivity contribution < 1.29 is 9.90 Å². The molecule has 1 heterocycles. The summed E-state index contributed by atoms with van der Waals surface area (Å²) in [6.07, 6.45) is 2.63. The van der Waals surface area contributed by atoms with E-state index in [1.165, 1.54) is 18.4 Å². The van der Waals surface area contributed by atoms with Gasteiger partial charge in [-0.2, -0.15) is 0 Å². The van der Waals surface area contributed by atoms with Crippen molar-refractivity contribution in [3.63, 3.8) is 0 Å². The maximum absolute atomic E-state index is 11.2. The molecule has 24 heavy (non-hydrogen) atoms. The number of fused-ring (bicyclic) bond motifs is 1. The zero-order valence-corrected chi connectivity index (χ0v) is 13.2. The number of nitrogens with zero attached hydrogens (tertiary/aromatic N) is 1. The minimum atomic E-state index is -0.341. The summed E-state index contributed by atoms with van der Waals surface area (Å²) in [4.78, 5) is 16.0. The molecule has 4 nitrogen and oxygen atoms in total. The molecule has 2 aromatic carbocycles. The van der Waals surface area contributed by atoms with E-state index < -0.39 is 0 Å². The van der Waals surface area contributed by atoms with E-state index in [1.807, 2.05) is 24.3 Å². The van der Waals surface area contributed by atoms with E-state index in [2.05, 4.69) is 12.1 Å². The van der Waals surface area contributed by atoms with Gasteiger partial charge in [-0.1, -0.05) is 12.1 Å². The van der Waals surface area contributed by atoms with Crippen molar-refractivity contribution >= 4 is 16.8 Å². The Morgan fingerprint density at radius 1 is 1.12 bits per heavy atom. The molecule has 1 saturated carbocycles. The molecular formula is C20H18N2O2. The number of benzene rings is 2. The van der Waals surface area contributed by atoms with E-state index in [1.54, 1.807) is 12.1 Å². The fourth-order valence-electron chi connectivity index (χ4n) is 3.12. The Morgan fingerprint density at radius 2 is 1.88 bits per heavy atom. The number of phenolic OH excluding ortho intramolecular Hbond substituents is 1. The van der Waals surface area contributed by atoms with Gasteiger partial charge in [0.25, 0.3) is 0 Å². The summed E-state index contributed by atoms with van der Waals surface area (Å²) in [5, 5.41) is 10.6. The van der Waals surface area contributed by atoms with Crippen molar-refractivity contribution in [1.29, 1.82) is 0 Å². The number of aromatic nitrogens is 1. The van der Waals surface area contributed by atoms with Gasteiger partial charge in [0, 0.05) is 10.9 Å². The average Bonchev–Trinajstić information content (AvgIpc) is 3.38. The molecule has 0 bridgehead atoms. The first-order valence-corrected chi connectivity index (χ1v) is 8.11. The van der Waals surface area contributed by atoms with Crippen LogP contribution in [0.15, 0.2) is 48.5 Å². The van der Waals surface area contributed by atoms with E-state index in [9.17, 15) is 9.90 Å².